The first-order valence-electron chi connectivity index (χ1n) is 17.5. The lowest BCUT2D eigenvalue weighted by Gasteiger charge is -2.27. The molecule has 2 aromatic heterocycles. The van der Waals surface area contributed by atoms with E-state index in [1.54, 1.807) is 0 Å². The summed E-state index contributed by atoms with van der Waals surface area (Å²) in [5.41, 5.74) is 9.19. The Balaban J connectivity index is 1.12. The van der Waals surface area contributed by atoms with Gasteiger partial charge in [0, 0.05) is 53.7 Å². The number of hydrogen-bond donors (Lipinski definition) is 0. The van der Waals surface area contributed by atoms with Gasteiger partial charge in [-0.25, -0.2) is 0 Å². The van der Waals surface area contributed by atoms with Gasteiger partial charge in [0.05, 0.1) is 20.8 Å². The fourth-order valence-electron chi connectivity index (χ4n) is 7.47. The highest BCUT2D eigenvalue weighted by atomic mass is 32.1. The molecule has 4 heteroatoms. The van der Waals surface area contributed by atoms with E-state index in [0.717, 1.165) is 33.9 Å². The molecule has 10 aromatic rings. The number of nitrogens with zero attached hydrogens (tertiary/aromatic N) is 2. The van der Waals surface area contributed by atoms with E-state index in [4.69, 9.17) is 0 Å². The fourth-order valence-corrected chi connectivity index (χ4v) is 9.89. The van der Waals surface area contributed by atoms with Crippen LogP contribution >= 0.6 is 22.7 Å². The number of hydrogen-bond acceptors (Lipinski definition) is 4. The van der Waals surface area contributed by atoms with Crippen LogP contribution in [0.4, 0.5) is 34.1 Å². The molecule has 0 N–H and O–H groups in total. The Hall–Kier alpha value is -6.20. The highest BCUT2D eigenvalue weighted by molar-refractivity contribution is 7.26. The number of benzene rings is 8. The zero-order valence-electron chi connectivity index (χ0n) is 28.2. The average molecular weight is 701 g/mol. The van der Waals surface area contributed by atoms with E-state index in [1.165, 1.54) is 51.7 Å². The van der Waals surface area contributed by atoms with E-state index in [2.05, 4.69) is 204 Å². The minimum atomic E-state index is 1.12. The molecule has 0 spiro atoms. The van der Waals surface area contributed by atoms with Crippen LogP contribution in [0.3, 0.4) is 0 Å². The molecule has 10 rings (SSSR count). The van der Waals surface area contributed by atoms with Crippen LogP contribution in [0.1, 0.15) is 0 Å². The van der Waals surface area contributed by atoms with Crippen molar-refractivity contribution in [2.45, 2.75) is 0 Å². The van der Waals surface area contributed by atoms with Crippen molar-refractivity contribution in [1.82, 2.24) is 0 Å². The number of anilines is 6. The number of para-hydroxylation sites is 2. The summed E-state index contributed by atoms with van der Waals surface area (Å²) >= 11 is 3.73. The molecule has 52 heavy (non-hydrogen) atoms. The smallest absolute Gasteiger partial charge is 0.0640 e. The van der Waals surface area contributed by atoms with Crippen molar-refractivity contribution in [1.29, 1.82) is 0 Å². The summed E-state index contributed by atoms with van der Waals surface area (Å²) in [5, 5.41) is 5.18. The molecule has 0 bridgehead atoms. The predicted molar refractivity (Wildman–Crippen MR) is 227 cm³/mol. The molecule has 0 fully saturated rings. The van der Waals surface area contributed by atoms with Crippen LogP contribution in [0.2, 0.25) is 0 Å². The molecule has 0 aliphatic carbocycles. The molecular formula is C48H32N2S2. The predicted octanol–water partition coefficient (Wildman–Crippen LogP) is 15.0. The molecule has 246 valence electrons. The Morgan fingerprint density at radius 2 is 0.654 bits per heavy atom. The van der Waals surface area contributed by atoms with E-state index >= 15 is 0 Å². The van der Waals surface area contributed by atoms with Gasteiger partial charge in [0.25, 0.3) is 0 Å². The summed E-state index contributed by atoms with van der Waals surface area (Å²) in [4.78, 5) is 4.81. The van der Waals surface area contributed by atoms with E-state index in [9.17, 15) is 0 Å². The third-order valence-corrected chi connectivity index (χ3v) is 12.2. The number of rotatable bonds is 7. The maximum atomic E-state index is 2.41. The maximum Gasteiger partial charge on any atom is 0.0640 e. The quantitative estimate of drug-likeness (QED) is 0.163. The summed E-state index contributed by atoms with van der Waals surface area (Å²) in [6, 6.07) is 70.2. The molecule has 0 aliphatic heterocycles. The lowest BCUT2D eigenvalue weighted by atomic mass is 10.0. The Bertz CT molecular complexity index is 2670. The molecule has 0 saturated heterocycles. The molecule has 0 amide bonds. The van der Waals surface area contributed by atoms with Gasteiger partial charge in [-0.05, 0) is 83.9 Å². The van der Waals surface area contributed by atoms with Crippen molar-refractivity contribution in [3.8, 4) is 11.1 Å². The van der Waals surface area contributed by atoms with Gasteiger partial charge in [-0.2, -0.15) is 0 Å². The third-order valence-electron chi connectivity index (χ3n) is 9.82. The molecule has 0 saturated carbocycles. The lowest BCUT2D eigenvalue weighted by Crippen LogP contribution is -2.10. The topological polar surface area (TPSA) is 6.48 Å². The summed E-state index contributed by atoms with van der Waals surface area (Å²) in [6.07, 6.45) is 0. The van der Waals surface area contributed by atoms with Crippen LogP contribution in [-0.2, 0) is 0 Å². The van der Waals surface area contributed by atoms with Crippen molar-refractivity contribution < 1.29 is 0 Å². The second-order valence-corrected chi connectivity index (χ2v) is 15.1. The molecule has 0 radical (unpaired) electrons. The molecule has 2 heterocycles. The van der Waals surface area contributed by atoms with Gasteiger partial charge in [0.1, 0.15) is 0 Å². The zero-order chi connectivity index (χ0) is 34.4. The summed E-state index contributed by atoms with van der Waals surface area (Å²) in [5.74, 6) is 0. The van der Waals surface area contributed by atoms with Crippen LogP contribution < -0.4 is 9.80 Å². The van der Waals surface area contributed by atoms with Gasteiger partial charge in [0.15, 0.2) is 0 Å². The Labute approximate surface area is 310 Å². The number of fused-ring (bicyclic) bond motifs is 6. The maximum absolute atomic E-state index is 2.41. The third kappa shape index (κ3) is 5.24. The van der Waals surface area contributed by atoms with Crippen molar-refractivity contribution in [3.05, 3.63) is 194 Å². The van der Waals surface area contributed by atoms with Gasteiger partial charge in [-0.1, -0.05) is 121 Å². The van der Waals surface area contributed by atoms with Crippen LogP contribution in [0, 0.1) is 0 Å². The monoisotopic (exact) mass is 700 g/mol. The molecule has 0 aliphatic rings. The van der Waals surface area contributed by atoms with Crippen molar-refractivity contribution >= 4 is 97.1 Å². The standard InChI is InChI=1S/C48H32N2S2/c1-3-17-35(18-4-1)49(43-27-13-25-41-39-23-7-9-29-45(39)51-47(41)43)37-21-11-15-33(31-37)34-16-12-22-38(32-34)50(36-19-5-2-6-20-36)44-28-14-26-42-40-24-8-10-30-46(40)52-48(42)44/h1-32H. The second-order valence-electron chi connectivity index (χ2n) is 12.9. The highest BCUT2D eigenvalue weighted by Crippen LogP contribution is 2.47. The first-order valence-corrected chi connectivity index (χ1v) is 19.1. The first-order chi connectivity index (χ1) is 25.8. The fraction of sp³-hybridized carbons (Fsp3) is 0. The van der Waals surface area contributed by atoms with Crippen molar-refractivity contribution in [3.63, 3.8) is 0 Å². The van der Waals surface area contributed by atoms with E-state index < -0.39 is 0 Å². The van der Waals surface area contributed by atoms with E-state index in [0.29, 0.717) is 0 Å². The summed E-state index contributed by atoms with van der Waals surface area (Å²) in [7, 11) is 0. The minimum absolute atomic E-state index is 1.12. The van der Waals surface area contributed by atoms with Crippen LogP contribution in [0.5, 0.6) is 0 Å². The summed E-state index contributed by atoms with van der Waals surface area (Å²) < 4.78 is 5.18. The number of thiophene rings is 2. The van der Waals surface area contributed by atoms with Crippen LogP contribution in [0.25, 0.3) is 51.5 Å². The largest absolute Gasteiger partial charge is 0.309 e. The SMILES string of the molecule is c1ccc(N(c2cccc(-c3cccc(N(c4ccccc4)c4cccc5c4sc4ccccc45)c3)c2)c2cccc3c2sc2ccccc23)cc1. The van der Waals surface area contributed by atoms with Gasteiger partial charge in [-0.15, -0.1) is 22.7 Å². The molecule has 8 aromatic carbocycles. The minimum Gasteiger partial charge on any atom is -0.309 e. The Morgan fingerprint density at radius 1 is 0.288 bits per heavy atom. The van der Waals surface area contributed by atoms with Gasteiger partial charge >= 0.3 is 0 Å². The van der Waals surface area contributed by atoms with Gasteiger partial charge in [-0.3, -0.25) is 0 Å². The van der Waals surface area contributed by atoms with Crippen LogP contribution in [0.15, 0.2) is 194 Å². The second kappa shape index (κ2) is 12.8. The summed E-state index contributed by atoms with van der Waals surface area (Å²) in [6.45, 7) is 0. The first kappa shape index (κ1) is 30.6. The average Bonchev–Trinajstić information content (AvgIpc) is 3.79. The molecule has 0 unspecified atom stereocenters. The van der Waals surface area contributed by atoms with Gasteiger partial charge < -0.3 is 9.80 Å². The van der Waals surface area contributed by atoms with E-state index in [1.807, 2.05) is 22.7 Å². The van der Waals surface area contributed by atoms with E-state index in [-0.39, 0.29) is 0 Å². The normalized spacial score (nSPS) is 11.5. The van der Waals surface area contributed by atoms with Crippen LogP contribution in [-0.4, -0.2) is 0 Å². The van der Waals surface area contributed by atoms with Gasteiger partial charge in [0.2, 0.25) is 0 Å². The van der Waals surface area contributed by atoms with Crippen molar-refractivity contribution in [2.75, 3.05) is 9.80 Å². The highest BCUT2D eigenvalue weighted by Gasteiger charge is 2.20. The Morgan fingerprint density at radius 3 is 1.12 bits per heavy atom. The lowest BCUT2D eigenvalue weighted by molar-refractivity contribution is 1.29. The molecule has 2 nitrogen and oxygen atoms in total. The molecule has 0 atom stereocenters. The Kier molecular flexibility index (Phi) is 7.56. The van der Waals surface area contributed by atoms with Crippen molar-refractivity contribution in [2.24, 2.45) is 0 Å². The zero-order valence-corrected chi connectivity index (χ0v) is 29.8. The molecular weight excluding hydrogens is 669 g/mol.